The summed E-state index contributed by atoms with van der Waals surface area (Å²) >= 11 is 6.46. The van der Waals surface area contributed by atoms with Crippen LogP contribution in [0.5, 0.6) is 0 Å². The molecule has 3 aliphatic heterocycles. The molecule has 0 saturated carbocycles. The topological polar surface area (TPSA) is 96.4 Å². The van der Waals surface area contributed by atoms with E-state index in [4.69, 9.17) is 21.1 Å². The molecule has 1 aromatic carbocycles. The average Bonchev–Trinajstić information content (AvgIpc) is 3.46. The number of fused-ring (bicyclic) bond motifs is 1. The third kappa shape index (κ3) is 3.96. The second-order valence-electron chi connectivity index (χ2n) is 9.74. The normalized spacial score (nSPS) is 29.9. The molecule has 3 heterocycles. The van der Waals surface area contributed by atoms with Gasteiger partial charge in [0.05, 0.1) is 47.9 Å². The number of benzene rings is 1. The number of likely N-dealkylation sites (tertiary alicyclic amines) is 1. The molecule has 0 aliphatic carbocycles. The van der Waals surface area contributed by atoms with Crippen LogP contribution in [0.25, 0.3) is 0 Å². The van der Waals surface area contributed by atoms with Gasteiger partial charge in [-0.25, -0.2) is 0 Å². The molecule has 3 fully saturated rings. The van der Waals surface area contributed by atoms with Crippen LogP contribution in [-0.2, 0) is 23.9 Å². The van der Waals surface area contributed by atoms with E-state index in [1.807, 2.05) is 13.8 Å². The minimum Gasteiger partial charge on any atom is -0.466 e. The zero-order chi connectivity index (χ0) is 25.5. The maximum atomic E-state index is 14.4. The summed E-state index contributed by atoms with van der Waals surface area (Å²) in [5, 5.41) is 10.7. The molecule has 3 aliphatic rings. The van der Waals surface area contributed by atoms with Gasteiger partial charge in [-0.2, -0.15) is 0 Å². The monoisotopic (exact) mass is 504 g/mol. The Morgan fingerprint density at radius 1 is 1.40 bits per heavy atom. The highest BCUT2D eigenvalue weighted by atomic mass is 35.5. The number of hydrogen-bond donors (Lipinski definition) is 1. The number of carbonyl (C=O) groups excluding carboxylic acids is 3. The highest BCUT2D eigenvalue weighted by Gasteiger charge is 2.75. The van der Waals surface area contributed by atoms with Gasteiger partial charge in [0.15, 0.2) is 0 Å². The van der Waals surface area contributed by atoms with Crippen LogP contribution in [-0.4, -0.2) is 71.3 Å². The maximum Gasteiger partial charge on any atom is 0.312 e. The number of anilines is 1. The van der Waals surface area contributed by atoms with Crippen molar-refractivity contribution in [2.45, 2.75) is 57.4 Å². The van der Waals surface area contributed by atoms with E-state index in [1.165, 1.54) is 9.80 Å². The Bertz CT molecular complexity index is 1020. The third-order valence-corrected chi connectivity index (χ3v) is 7.89. The molecule has 35 heavy (non-hydrogen) atoms. The van der Waals surface area contributed by atoms with E-state index in [0.717, 1.165) is 0 Å². The predicted molar refractivity (Wildman–Crippen MR) is 131 cm³/mol. The Kier molecular flexibility index (Phi) is 7.27. The van der Waals surface area contributed by atoms with Gasteiger partial charge in [-0.15, -0.1) is 6.58 Å². The first-order valence-corrected chi connectivity index (χ1v) is 12.6. The quantitative estimate of drug-likeness (QED) is 0.410. The van der Waals surface area contributed by atoms with Gasteiger partial charge >= 0.3 is 5.97 Å². The molecular formula is C26H33ClN2O6. The lowest BCUT2D eigenvalue weighted by Gasteiger charge is -2.40. The Labute approximate surface area is 210 Å². The van der Waals surface area contributed by atoms with E-state index in [0.29, 0.717) is 23.6 Å². The number of nitrogens with zero attached hydrogens (tertiary/aromatic N) is 2. The van der Waals surface area contributed by atoms with Gasteiger partial charge in [-0.1, -0.05) is 43.7 Å². The van der Waals surface area contributed by atoms with Crippen molar-refractivity contribution < 1.29 is 29.0 Å². The lowest BCUT2D eigenvalue weighted by molar-refractivity contribution is -0.155. The molecule has 2 bridgehead atoms. The molecule has 1 N–H and O–H groups in total. The fourth-order valence-corrected chi connectivity index (χ4v) is 6.35. The summed E-state index contributed by atoms with van der Waals surface area (Å²) in [5.74, 6) is -2.98. The van der Waals surface area contributed by atoms with Crippen LogP contribution < -0.4 is 4.90 Å². The highest BCUT2D eigenvalue weighted by molar-refractivity contribution is 6.34. The van der Waals surface area contributed by atoms with Crippen molar-refractivity contribution in [1.29, 1.82) is 0 Å². The molecule has 1 spiro atoms. The molecule has 4 rings (SSSR count). The first-order valence-electron chi connectivity index (χ1n) is 12.2. The van der Waals surface area contributed by atoms with Crippen molar-refractivity contribution >= 4 is 35.1 Å². The van der Waals surface area contributed by atoms with Crippen molar-refractivity contribution in [2.24, 2.45) is 17.8 Å². The number of ether oxygens (including phenoxy) is 2. The molecule has 0 radical (unpaired) electrons. The van der Waals surface area contributed by atoms with Gasteiger partial charge in [0, 0.05) is 6.54 Å². The summed E-state index contributed by atoms with van der Waals surface area (Å²) in [6.07, 6.45) is 2.11. The second-order valence-corrected chi connectivity index (χ2v) is 10.1. The van der Waals surface area contributed by atoms with Crippen molar-refractivity contribution in [1.82, 2.24) is 4.90 Å². The largest absolute Gasteiger partial charge is 0.466 e. The molecule has 2 amide bonds. The van der Waals surface area contributed by atoms with E-state index in [-0.39, 0.29) is 37.5 Å². The second kappa shape index (κ2) is 9.91. The number of amides is 2. The standard InChI is InChI=1S/C26H33ClN2O6/c1-5-13-28(17-10-8-7-9-16(17)27)24(32)22-26-12-11-19(35-26)20(25(33)34-6-2)21(26)23(31)29(22)18(14-30)15(3)4/h5,7-10,15,18-22,30H,1,6,11-14H2,2-4H3/t18-,19+,20-,21-,22+,26-/m0/s1. The van der Waals surface area contributed by atoms with Crippen LogP contribution in [0, 0.1) is 17.8 Å². The highest BCUT2D eigenvalue weighted by Crippen LogP contribution is 2.59. The lowest BCUT2D eigenvalue weighted by Crippen LogP contribution is -2.59. The number of hydrogen-bond acceptors (Lipinski definition) is 6. The first kappa shape index (κ1) is 25.7. The molecule has 0 aromatic heterocycles. The van der Waals surface area contributed by atoms with Gasteiger partial charge in [-0.05, 0) is 37.8 Å². The van der Waals surface area contributed by atoms with Crippen molar-refractivity contribution in [3.8, 4) is 0 Å². The van der Waals surface area contributed by atoms with Crippen LogP contribution in [0.15, 0.2) is 36.9 Å². The van der Waals surface area contributed by atoms with Crippen LogP contribution >= 0.6 is 11.6 Å². The van der Waals surface area contributed by atoms with Crippen LogP contribution in [0.2, 0.25) is 5.02 Å². The molecule has 9 heteroatoms. The number of aliphatic hydroxyl groups is 1. The van der Waals surface area contributed by atoms with Crippen LogP contribution in [0.4, 0.5) is 5.69 Å². The van der Waals surface area contributed by atoms with E-state index < -0.39 is 41.6 Å². The number of halogens is 1. The molecule has 8 nitrogen and oxygen atoms in total. The van der Waals surface area contributed by atoms with Crippen LogP contribution in [0.3, 0.4) is 0 Å². The molecule has 1 aromatic rings. The lowest BCUT2D eigenvalue weighted by atomic mass is 9.70. The van der Waals surface area contributed by atoms with Gasteiger partial charge in [0.25, 0.3) is 5.91 Å². The summed E-state index contributed by atoms with van der Waals surface area (Å²) in [4.78, 5) is 44.3. The summed E-state index contributed by atoms with van der Waals surface area (Å²) < 4.78 is 11.7. The maximum absolute atomic E-state index is 14.4. The number of rotatable bonds is 9. The smallest absolute Gasteiger partial charge is 0.312 e. The van der Waals surface area contributed by atoms with E-state index in [1.54, 1.807) is 37.3 Å². The minimum absolute atomic E-state index is 0.138. The summed E-state index contributed by atoms with van der Waals surface area (Å²) in [6, 6.07) is 5.33. The average molecular weight is 505 g/mol. The summed E-state index contributed by atoms with van der Waals surface area (Å²) in [5.41, 5.74) is -0.690. The molecular weight excluding hydrogens is 472 g/mol. The van der Waals surface area contributed by atoms with E-state index >= 15 is 0 Å². The molecule has 3 saturated heterocycles. The van der Waals surface area contributed by atoms with Gasteiger partial charge < -0.3 is 24.4 Å². The Balaban J connectivity index is 1.84. The van der Waals surface area contributed by atoms with Crippen LogP contribution in [0.1, 0.15) is 33.6 Å². The zero-order valence-corrected chi connectivity index (χ0v) is 21.1. The number of para-hydroxylation sites is 1. The molecule has 0 unspecified atom stereocenters. The Hall–Kier alpha value is -2.42. The fourth-order valence-electron chi connectivity index (χ4n) is 6.11. The predicted octanol–water partition coefficient (Wildman–Crippen LogP) is 2.81. The fraction of sp³-hybridized carbons (Fsp3) is 0.577. The zero-order valence-electron chi connectivity index (χ0n) is 20.4. The minimum atomic E-state index is -1.18. The first-order chi connectivity index (χ1) is 16.7. The van der Waals surface area contributed by atoms with Crippen molar-refractivity contribution in [2.75, 3.05) is 24.7 Å². The SMILES string of the molecule is C=CCN(C(=O)[C@H]1N([C@@H](CO)C(C)C)C(=O)[C@@H]2[C@@H](C(=O)OCC)[C@H]3CC[C@]21O3)c1ccccc1Cl. The van der Waals surface area contributed by atoms with E-state index in [2.05, 4.69) is 6.58 Å². The van der Waals surface area contributed by atoms with E-state index in [9.17, 15) is 19.5 Å². The Morgan fingerprint density at radius 2 is 2.11 bits per heavy atom. The van der Waals surface area contributed by atoms with Crippen molar-refractivity contribution in [3.63, 3.8) is 0 Å². The van der Waals surface area contributed by atoms with Gasteiger partial charge in [-0.3, -0.25) is 14.4 Å². The number of carbonyl (C=O) groups is 3. The summed E-state index contributed by atoms with van der Waals surface area (Å²) in [6.45, 7) is 9.32. The Morgan fingerprint density at radius 3 is 2.71 bits per heavy atom. The van der Waals surface area contributed by atoms with Gasteiger partial charge in [0.1, 0.15) is 11.6 Å². The third-order valence-electron chi connectivity index (χ3n) is 7.57. The number of esters is 1. The van der Waals surface area contributed by atoms with Gasteiger partial charge in [0.2, 0.25) is 5.91 Å². The van der Waals surface area contributed by atoms with Crippen molar-refractivity contribution in [3.05, 3.63) is 41.9 Å². The summed E-state index contributed by atoms with van der Waals surface area (Å²) in [7, 11) is 0. The number of aliphatic hydroxyl groups excluding tert-OH is 1. The molecule has 6 atom stereocenters. The molecule has 190 valence electrons.